The third kappa shape index (κ3) is 4.14. The van der Waals surface area contributed by atoms with Gasteiger partial charge in [0.15, 0.2) is 5.78 Å². The molecule has 1 atom stereocenters. The smallest absolute Gasteiger partial charge is 0.272 e. The van der Waals surface area contributed by atoms with Crippen molar-refractivity contribution in [3.63, 3.8) is 0 Å². The summed E-state index contributed by atoms with van der Waals surface area (Å²) in [7, 11) is -4.38. The lowest BCUT2D eigenvalue weighted by atomic mass is 10.0. The Labute approximate surface area is 128 Å². The second-order valence-electron chi connectivity index (χ2n) is 4.55. The number of Topliss-reactive ketones (excluding diaryl/α,β-unsaturated/α-hetero) is 1. The second kappa shape index (κ2) is 6.39. The van der Waals surface area contributed by atoms with Gasteiger partial charge in [0.05, 0.1) is 0 Å². The van der Waals surface area contributed by atoms with Gasteiger partial charge in [0, 0.05) is 17.0 Å². The average Bonchev–Trinajstić information content (AvgIpc) is 2.45. The summed E-state index contributed by atoms with van der Waals surface area (Å²) in [6.07, 6.45) is -0.329. The molecule has 1 N–H and O–H groups in total. The standard InChI is InChI=1S/C15H13ClO4S/c16-13-8-6-11(7-9-13)14(17)10-15(21(18,19)20)12-4-2-1-3-5-12/h1-9,15H,10H2,(H,18,19,20). The maximum atomic E-state index is 12.2. The molecule has 0 radical (unpaired) electrons. The van der Waals surface area contributed by atoms with Gasteiger partial charge in [0.2, 0.25) is 0 Å². The minimum absolute atomic E-state index is 0.329. The molecule has 1 unspecified atom stereocenters. The van der Waals surface area contributed by atoms with Crippen molar-refractivity contribution in [3.05, 3.63) is 70.7 Å². The van der Waals surface area contributed by atoms with Crippen LogP contribution < -0.4 is 0 Å². The van der Waals surface area contributed by atoms with Crippen LogP contribution >= 0.6 is 11.6 Å². The molecule has 0 saturated heterocycles. The maximum absolute atomic E-state index is 12.2. The molecule has 0 aromatic heterocycles. The Morgan fingerprint density at radius 3 is 2.14 bits per heavy atom. The molecule has 0 aliphatic carbocycles. The number of hydrogen-bond donors (Lipinski definition) is 1. The van der Waals surface area contributed by atoms with E-state index in [1.807, 2.05) is 0 Å². The summed E-state index contributed by atoms with van der Waals surface area (Å²) >= 11 is 5.74. The van der Waals surface area contributed by atoms with Crippen molar-refractivity contribution < 1.29 is 17.8 Å². The molecule has 2 aromatic rings. The SMILES string of the molecule is O=C(CC(c1ccccc1)S(=O)(=O)O)c1ccc(Cl)cc1. The summed E-state index contributed by atoms with van der Waals surface area (Å²) in [6.45, 7) is 0. The molecule has 0 aliphatic heterocycles. The zero-order valence-corrected chi connectivity index (χ0v) is 12.5. The Bertz CT molecular complexity index is 724. The topological polar surface area (TPSA) is 71.4 Å². The van der Waals surface area contributed by atoms with E-state index in [0.717, 1.165) is 0 Å². The normalized spacial score (nSPS) is 12.9. The van der Waals surface area contributed by atoms with Crippen LogP contribution in [-0.4, -0.2) is 18.8 Å². The van der Waals surface area contributed by atoms with Gasteiger partial charge in [-0.05, 0) is 29.8 Å². The fourth-order valence-corrected chi connectivity index (χ4v) is 2.97. The van der Waals surface area contributed by atoms with Crippen LogP contribution in [-0.2, 0) is 10.1 Å². The molecule has 21 heavy (non-hydrogen) atoms. The lowest BCUT2D eigenvalue weighted by Gasteiger charge is -2.13. The van der Waals surface area contributed by atoms with Gasteiger partial charge in [-0.25, -0.2) is 0 Å². The van der Waals surface area contributed by atoms with E-state index in [0.29, 0.717) is 16.1 Å². The van der Waals surface area contributed by atoms with Crippen LogP contribution in [0.5, 0.6) is 0 Å². The van der Waals surface area contributed by atoms with Crippen molar-refractivity contribution in [1.82, 2.24) is 0 Å². The molecule has 0 heterocycles. The van der Waals surface area contributed by atoms with E-state index in [2.05, 4.69) is 0 Å². The number of halogens is 1. The van der Waals surface area contributed by atoms with Crippen LogP contribution in [0.3, 0.4) is 0 Å². The van der Waals surface area contributed by atoms with Crippen LogP contribution in [0.2, 0.25) is 5.02 Å². The highest BCUT2D eigenvalue weighted by Crippen LogP contribution is 2.27. The van der Waals surface area contributed by atoms with Gasteiger partial charge < -0.3 is 0 Å². The van der Waals surface area contributed by atoms with Crippen LogP contribution in [0.4, 0.5) is 0 Å². The summed E-state index contributed by atoms with van der Waals surface area (Å²) in [5.41, 5.74) is 0.728. The average molecular weight is 325 g/mol. The van der Waals surface area contributed by atoms with Crippen molar-refractivity contribution in [3.8, 4) is 0 Å². The first kappa shape index (κ1) is 15.7. The third-order valence-electron chi connectivity index (χ3n) is 3.07. The van der Waals surface area contributed by atoms with Gasteiger partial charge in [0.1, 0.15) is 5.25 Å². The minimum Gasteiger partial charge on any atom is -0.294 e. The summed E-state index contributed by atoms with van der Waals surface area (Å²) in [5, 5.41) is -0.789. The highest BCUT2D eigenvalue weighted by atomic mass is 35.5. The predicted octanol–water partition coefficient (Wildman–Crippen LogP) is 3.54. The van der Waals surface area contributed by atoms with E-state index >= 15 is 0 Å². The van der Waals surface area contributed by atoms with Crippen molar-refractivity contribution in [1.29, 1.82) is 0 Å². The summed E-state index contributed by atoms with van der Waals surface area (Å²) in [4.78, 5) is 12.2. The molecule has 4 nitrogen and oxygen atoms in total. The number of carbonyl (C=O) groups is 1. The van der Waals surface area contributed by atoms with Crippen molar-refractivity contribution in [2.45, 2.75) is 11.7 Å². The fraction of sp³-hybridized carbons (Fsp3) is 0.133. The predicted molar refractivity (Wildman–Crippen MR) is 81.1 cm³/mol. The molecular formula is C15H13ClO4S. The zero-order chi connectivity index (χ0) is 15.5. The first-order valence-corrected chi connectivity index (χ1v) is 8.06. The van der Waals surface area contributed by atoms with Gasteiger partial charge in [-0.2, -0.15) is 8.42 Å². The Morgan fingerprint density at radius 1 is 1.05 bits per heavy atom. The zero-order valence-electron chi connectivity index (χ0n) is 10.9. The summed E-state index contributed by atoms with van der Waals surface area (Å²) < 4.78 is 32.4. The molecular weight excluding hydrogens is 312 g/mol. The van der Waals surface area contributed by atoms with Gasteiger partial charge >= 0.3 is 0 Å². The monoisotopic (exact) mass is 324 g/mol. The largest absolute Gasteiger partial charge is 0.294 e. The minimum atomic E-state index is -4.38. The second-order valence-corrected chi connectivity index (χ2v) is 6.58. The number of rotatable bonds is 5. The molecule has 2 rings (SSSR count). The van der Waals surface area contributed by atoms with Crippen molar-refractivity contribution >= 4 is 27.5 Å². The Morgan fingerprint density at radius 2 is 1.62 bits per heavy atom. The van der Waals surface area contributed by atoms with E-state index in [-0.39, 0.29) is 12.2 Å². The summed E-state index contributed by atoms with van der Waals surface area (Å²) in [6, 6.07) is 14.3. The van der Waals surface area contributed by atoms with E-state index in [1.54, 1.807) is 42.5 Å². The van der Waals surface area contributed by atoms with E-state index in [1.165, 1.54) is 12.1 Å². The highest BCUT2D eigenvalue weighted by Gasteiger charge is 2.28. The Balaban J connectivity index is 2.28. The van der Waals surface area contributed by atoms with Crippen LogP contribution in [0.25, 0.3) is 0 Å². The first-order valence-electron chi connectivity index (χ1n) is 6.18. The van der Waals surface area contributed by atoms with E-state index in [4.69, 9.17) is 11.6 Å². The highest BCUT2D eigenvalue weighted by molar-refractivity contribution is 7.86. The van der Waals surface area contributed by atoms with Crippen molar-refractivity contribution in [2.75, 3.05) is 0 Å². The molecule has 0 spiro atoms. The Kier molecular flexibility index (Phi) is 4.77. The quantitative estimate of drug-likeness (QED) is 0.674. The molecule has 110 valence electrons. The number of carbonyl (C=O) groups excluding carboxylic acids is 1. The summed E-state index contributed by atoms with van der Waals surface area (Å²) in [5.74, 6) is -0.377. The third-order valence-corrected chi connectivity index (χ3v) is 4.48. The van der Waals surface area contributed by atoms with Crippen LogP contribution in [0.15, 0.2) is 54.6 Å². The molecule has 6 heteroatoms. The van der Waals surface area contributed by atoms with E-state index < -0.39 is 15.4 Å². The first-order chi connectivity index (χ1) is 9.88. The number of hydrogen-bond acceptors (Lipinski definition) is 3. The lowest BCUT2D eigenvalue weighted by molar-refractivity contribution is 0.0979. The maximum Gasteiger partial charge on any atom is 0.272 e. The molecule has 0 aliphatic rings. The Hall–Kier alpha value is -1.69. The van der Waals surface area contributed by atoms with Gasteiger partial charge in [-0.3, -0.25) is 9.35 Å². The molecule has 0 amide bonds. The van der Waals surface area contributed by atoms with Gasteiger partial charge in [0.25, 0.3) is 10.1 Å². The lowest BCUT2D eigenvalue weighted by Crippen LogP contribution is -2.16. The van der Waals surface area contributed by atoms with Crippen LogP contribution in [0.1, 0.15) is 27.6 Å². The molecule has 0 saturated carbocycles. The van der Waals surface area contributed by atoms with Crippen LogP contribution in [0, 0.1) is 0 Å². The molecule has 0 bridgehead atoms. The number of benzene rings is 2. The fourth-order valence-electron chi connectivity index (χ4n) is 1.98. The van der Waals surface area contributed by atoms with Gasteiger partial charge in [-0.1, -0.05) is 41.9 Å². The number of ketones is 1. The van der Waals surface area contributed by atoms with Gasteiger partial charge in [-0.15, -0.1) is 0 Å². The molecule has 0 fully saturated rings. The van der Waals surface area contributed by atoms with E-state index in [9.17, 15) is 17.8 Å². The molecule has 2 aromatic carbocycles. The van der Waals surface area contributed by atoms with Crippen molar-refractivity contribution in [2.24, 2.45) is 0 Å².